The van der Waals surface area contributed by atoms with E-state index in [0.29, 0.717) is 11.8 Å². The van der Waals surface area contributed by atoms with Gasteiger partial charge in [0.05, 0.1) is 0 Å². The third-order valence-corrected chi connectivity index (χ3v) is 2.82. The van der Waals surface area contributed by atoms with Crippen LogP contribution in [-0.4, -0.2) is 17.5 Å². The minimum absolute atomic E-state index is 0.0148. The van der Waals surface area contributed by atoms with Gasteiger partial charge in [0.2, 0.25) is 0 Å². The summed E-state index contributed by atoms with van der Waals surface area (Å²) in [5.41, 5.74) is 0. The number of carbonyl (C=O) groups is 1. The third kappa shape index (κ3) is 4.65. The highest BCUT2D eigenvalue weighted by Crippen LogP contribution is 2.19. The van der Waals surface area contributed by atoms with Crippen LogP contribution in [0, 0.1) is 11.8 Å². The maximum absolute atomic E-state index is 10.3. The van der Waals surface area contributed by atoms with E-state index >= 15 is 0 Å². The first-order valence-electron chi connectivity index (χ1n) is 3.77. The SMILES string of the molecule is CC(C=O)CC(C)C(Cl)CCl. The summed E-state index contributed by atoms with van der Waals surface area (Å²) in [6.45, 7) is 3.90. The van der Waals surface area contributed by atoms with Crippen molar-refractivity contribution in [2.24, 2.45) is 11.8 Å². The molecule has 0 saturated heterocycles. The van der Waals surface area contributed by atoms with Gasteiger partial charge in [-0.15, -0.1) is 23.2 Å². The zero-order chi connectivity index (χ0) is 8.85. The van der Waals surface area contributed by atoms with E-state index in [9.17, 15) is 4.79 Å². The molecule has 0 amide bonds. The normalized spacial score (nSPS) is 18.9. The maximum Gasteiger partial charge on any atom is 0.122 e. The van der Waals surface area contributed by atoms with Gasteiger partial charge >= 0.3 is 0 Å². The van der Waals surface area contributed by atoms with Crippen molar-refractivity contribution in [3.63, 3.8) is 0 Å². The molecule has 3 heteroatoms. The molecule has 0 aliphatic carbocycles. The molecule has 0 bridgehead atoms. The van der Waals surface area contributed by atoms with Crippen LogP contribution in [0.3, 0.4) is 0 Å². The molecular formula is C8H14Cl2O. The fraction of sp³-hybridized carbons (Fsp3) is 0.875. The Morgan fingerprint density at radius 3 is 2.36 bits per heavy atom. The van der Waals surface area contributed by atoms with Gasteiger partial charge in [-0.1, -0.05) is 13.8 Å². The summed E-state index contributed by atoms with van der Waals surface area (Å²) in [6, 6.07) is 0. The van der Waals surface area contributed by atoms with Crippen LogP contribution < -0.4 is 0 Å². The van der Waals surface area contributed by atoms with E-state index in [1.165, 1.54) is 0 Å². The van der Waals surface area contributed by atoms with E-state index in [2.05, 4.69) is 0 Å². The molecule has 0 spiro atoms. The first-order chi connectivity index (χ1) is 5.11. The standard InChI is InChI=1S/C8H14Cl2O/c1-6(5-11)3-7(2)8(10)4-9/h5-8H,3-4H2,1-2H3. The summed E-state index contributed by atoms with van der Waals surface area (Å²) in [4.78, 5) is 10.3. The number of alkyl halides is 2. The van der Waals surface area contributed by atoms with E-state index in [0.717, 1.165) is 12.7 Å². The van der Waals surface area contributed by atoms with Crippen LogP contribution in [0.2, 0.25) is 0 Å². The molecule has 66 valence electrons. The minimum atomic E-state index is -0.0148. The molecule has 0 heterocycles. The van der Waals surface area contributed by atoms with E-state index in [1.54, 1.807) is 0 Å². The van der Waals surface area contributed by atoms with Gasteiger partial charge in [0.1, 0.15) is 6.29 Å². The molecule has 0 fully saturated rings. The van der Waals surface area contributed by atoms with Crippen LogP contribution in [0.1, 0.15) is 20.3 Å². The minimum Gasteiger partial charge on any atom is -0.303 e. The smallest absolute Gasteiger partial charge is 0.122 e. The molecular weight excluding hydrogens is 183 g/mol. The average Bonchev–Trinajstić information content (AvgIpc) is 2.02. The second kappa shape index (κ2) is 5.84. The van der Waals surface area contributed by atoms with E-state index in [1.807, 2.05) is 13.8 Å². The quantitative estimate of drug-likeness (QED) is 0.489. The van der Waals surface area contributed by atoms with Crippen LogP contribution in [0.25, 0.3) is 0 Å². The highest BCUT2D eigenvalue weighted by molar-refractivity contribution is 6.28. The summed E-state index contributed by atoms with van der Waals surface area (Å²) in [6.07, 6.45) is 1.78. The molecule has 0 N–H and O–H groups in total. The Bertz CT molecular complexity index is 117. The van der Waals surface area contributed by atoms with Crippen LogP contribution in [0.5, 0.6) is 0 Å². The van der Waals surface area contributed by atoms with E-state index in [-0.39, 0.29) is 11.3 Å². The van der Waals surface area contributed by atoms with Gasteiger partial charge in [0.15, 0.2) is 0 Å². The van der Waals surface area contributed by atoms with Crippen LogP contribution in [0.4, 0.5) is 0 Å². The molecule has 0 saturated carbocycles. The molecule has 0 rings (SSSR count). The predicted molar refractivity (Wildman–Crippen MR) is 49.4 cm³/mol. The molecule has 0 aromatic rings. The second-order valence-electron chi connectivity index (χ2n) is 3.00. The molecule has 0 aliphatic heterocycles. The van der Waals surface area contributed by atoms with Crippen molar-refractivity contribution in [2.75, 3.05) is 5.88 Å². The van der Waals surface area contributed by atoms with Gasteiger partial charge < -0.3 is 4.79 Å². The topological polar surface area (TPSA) is 17.1 Å². The molecule has 0 aromatic carbocycles. The third-order valence-electron chi connectivity index (χ3n) is 1.74. The van der Waals surface area contributed by atoms with Gasteiger partial charge in [-0.2, -0.15) is 0 Å². The highest BCUT2D eigenvalue weighted by Gasteiger charge is 2.15. The van der Waals surface area contributed by atoms with Crippen molar-refractivity contribution in [2.45, 2.75) is 25.6 Å². The Morgan fingerprint density at radius 2 is 2.00 bits per heavy atom. The number of aldehydes is 1. The Labute approximate surface area is 78.1 Å². The van der Waals surface area contributed by atoms with Crippen molar-refractivity contribution in [3.05, 3.63) is 0 Å². The van der Waals surface area contributed by atoms with Gasteiger partial charge in [0, 0.05) is 17.2 Å². The number of hydrogen-bond acceptors (Lipinski definition) is 1. The molecule has 3 atom stereocenters. The van der Waals surface area contributed by atoms with Crippen molar-refractivity contribution >= 4 is 29.5 Å². The Hall–Kier alpha value is 0.250. The van der Waals surface area contributed by atoms with Crippen molar-refractivity contribution in [1.29, 1.82) is 0 Å². The molecule has 0 aromatic heterocycles. The first kappa shape index (κ1) is 11.2. The Balaban J connectivity index is 3.66. The molecule has 0 aliphatic rings. The summed E-state index contributed by atoms with van der Waals surface area (Å²) < 4.78 is 0. The summed E-state index contributed by atoms with van der Waals surface area (Å²) in [7, 11) is 0. The van der Waals surface area contributed by atoms with Crippen LogP contribution >= 0.6 is 23.2 Å². The lowest BCUT2D eigenvalue weighted by Crippen LogP contribution is -2.16. The maximum atomic E-state index is 10.3. The molecule has 11 heavy (non-hydrogen) atoms. The number of carbonyl (C=O) groups excluding carboxylic acids is 1. The Kier molecular flexibility index (Phi) is 5.98. The van der Waals surface area contributed by atoms with Gasteiger partial charge in [-0.05, 0) is 12.3 Å². The lowest BCUT2D eigenvalue weighted by molar-refractivity contribution is -0.111. The zero-order valence-electron chi connectivity index (χ0n) is 6.89. The second-order valence-corrected chi connectivity index (χ2v) is 3.87. The summed E-state index contributed by atoms with van der Waals surface area (Å²) in [5, 5.41) is -0.0148. The lowest BCUT2D eigenvalue weighted by Gasteiger charge is -2.16. The van der Waals surface area contributed by atoms with Crippen LogP contribution in [-0.2, 0) is 4.79 Å². The number of rotatable bonds is 5. The Morgan fingerprint density at radius 1 is 1.45 bits per heavy atom. The van der Waals surface area contributed by atoms with Crippen molar-refractivity contribution in [1.82, 2.24) is 0 Å². The largest absolute Gasteiger partial charge is 0.303 e. The fourth-order valence-corrected chi connectivity index (χ4v) is 1.35. The van der Waals surface area contributed by atoms with Gasteiger partial charge in [-0.25, -0.2) is 0 Å². The van der Waals surface area contributed by atoms with E-state index < -0.39 is 0 Å². The predicted octanol–water partition coefficient (Wildman–Crippen LogP) is 2.69. The number of hydrogen-bond donors (Lipinski definition) is 0. The van der Waals surface area contributed by atoms with Crippen LogP contribution in [0.15, 0.2) is 0 Å². The number of halogens is 2. The molecule has 1 nitrogen and oxygen atoms in total. The average molecular weight is 197 g/mol. The zero-order valence-corrected chi connectivity index (χ0v) is 8.40. The monoisotopic (exact) mass is 196 g/mol. The highest BCUT2D eigenvalue weighted by atomic mass is 35.5. The van der Waals surface area contributed by atoms with Gasteiger partial charge in [0.25, 0.3) is 0 Å². The fourth-order valence-electron chi connectivity index (χ4n) is 0.942. The lowest BCUT2D eigenvalue weighted by atomic mass is 9.96. The summed E-state index contributed by atoms with van der Waals surface area (Å²) >= 11 is 11.4. The summed E-state index contributed by atoms with van der Waals surface area (Å²) in [5.74, 6) is 0.859. The first-order valence-corrected chi connectivity index (χ1v) is 4.74. The van der Waals surface area contributed by atoms with Crippen molar-refractivity contribution < 1.29 is 4.79 Å². The van der Waals surface area contributed by atoms with E-state index in [4.69, 9.17) is 23.2 Å². The van der Waals surface area contributed by atoms with Crippen molar-refractivity contribution in [3.8, 4) is 0 Å². The molecule has 0 radical (unpaired) electrons. The molecule has 3 unspecified atom stereocenters. The van der Waals surface area contributed by atoms with Gasteiger partial charge in [-0.3, -0.25) is 0 Å².